The molecule has 0 saturated carbocycles. The van der Waals surface area contributed by atoms with Crippen LogP contribution in [0.5, 0.6) is 0 Å². The molecule has 3 aromatic rings. The quantitative estimate of drug-likeness (QED) is 0.570. The standard InChI is InChI=1S/C21H19BrN4O2/c1-3-18(27)28-13(2)19-21-24-10-11-26(21)17-8-7-14(22)12-15(17)20(25-19)16-6-4-5-9-23-16/h4-13,19H,3H2,1-2H3. The predicted octanol–water partition coefficient (Wildman–Crippen LogP) is 4.26. The van der Waals surface area contributed by atoms with Gasteiger partial charge in [-0.15, -0.1) is 0 Å². The molecule has 7 heteroatoms. The number of aliphatic imine (C=N–C) groups is 1. The first-order chi connectivity index (χ1) is 13.6. The fraction of sp³-hybridized carbons (Fsp3) is 0.238. The molecule has 2 atom stereocenters. The molecule has 6 nitrogen and oxygen atoms in total. The van der Waals surface area contributed by atoms with Gasteiger partial charge in [0.25, 0.3) is 0 Å². The van der Waals surface area contributed by atoms with Crippen LogP contribution in [0, 0.1) is 0 Å². The molecular weight excluding hydrogens is 420 g/mol. The first-order valence-corrected chi connectivity index (χ1v) is 9.90. The summed E-state index contributed by atoms with van der Waals surface area (Å²) in [5.41, 5.74) is 3.39. The van der Waals surface area contributed by atoms with E-state index in [1.165, 1.54) is 0 Å². The average Bonchev–Trinajstić information content (AvgIpc) is 3.13. The van der Waals surface area contributed by atoms with Crippen LogP contribution >= 0.6 is 15.9 Å². The Morgan fingerprint density at radius 2 is 2.11 bits per heavy atom. The van der Waals surface area contributed by atoms with Crippen molar-refractivity contribution in [1.82, 2.24) is 14.5 Å². The van der Waals surface area contributed by atoms with Crippen molar-refractivity contribution in [3.05, 3.63) is 76.5 Å². The van der Waals surface area contributed by atoms with Crippen LogP contribution in [-0.2, 0) is 9.53 Å². The molecule has 142 valence electrons. The third-order valence-corrected chi connectivity index (χ3v) is 5.13. The first-order valence-electron chi connectivity index (χ1n) is 9.10. The van der Waals surface area contributed by atoms with E-state index in [-0.39, 0.29) is 5.97 Å². The SMILES string of the molecule is CCC(=O)OC(C)C1N=C(c2ccccn2)c2cc(Br)ccc2-n2ccnc21. The molecule has 1 aliphatic rings. The van der Waals surface area contributed by atoms with Gasteiger partial charge in [0.15, 0.2) is 0 Å². The van der Waals surface area contributed by atoms with Crippen LogP contribution in [0.1, 0.15) is 43.4 Å². The first kappa shape index (κ1) is 18.6. The Hall–Kier alpha value is -2.80. The number of ether oxygens (including phenoxy) is 1. The van der Waals surface area contributed by atoms with E-state index in [4.69, 9.17) is 9.73 Å². The number of hydrogen-bond acceptors (Lipinski definition) is 5. The number of aromatic nitrogens is 3. The maximum Gasteiger partial charge on any atom is 0.305 e. The largest absolute Gasteiger partial charge is 0.460 e. The molecule has 0 amide bonds. The number of carbonyl (C=O) groups is 1. The van der Waals surface area contributed by atoms with Crippen molar-refractivity contribution in [2.24, 2.45) is 4.99 Å². The normalized spacial score (nSPS) is 16.4. The number of esters is 1. The summed E-state index contributed by atoms with van der Waals surface area (Å²) in [5, 5.41) is 0. The Balaban J connectivity index is 1.93. The van der Waals surface area contributed by atoms with Crippen LogP contribution in [0.25, 0.3) is 5.69 Å². The minimum Gasteiger partial charge on any atom is -0.460 e. The monoisotopic (exact) mass is 438 g/mol. The highest BCUT2D eigenvalue weighted by atomic mass is 79.9. The van der Waals surface area contributed by atoms with Crippen LogP contribution < -0.4 is 0 Å². The summed E-state index contributed by atoms with van der Waals surface area (Å²) in [6, 6.07) is 11.3. The number of pyridine rings is 1. The van der Waals surface area contributed by atoms with Gasteiger partial charge >= 0.3 is 5.97 Å². The number of imidazole rings is 1. The molecular formula is C21H19BrN4O2. The van der Waals surface area contributed by atoms with E-state index in [1.54, 1.807) is 19.3 Å². The van der Waals surface area contributed by atoms with E-state index in [1.807, 2.05) is 54.1 Å². The highest BCUT2D eigenvalue weighted by Crippen LogP contribution is 2.33. The van der Waals surface area contributed by atoms with E-state index in [0.29, 0.717) is 6.42 Å². The van der Waals surface area contributed by atoms with Crippen molar-refractivity contribution in [2.75, 3.05) is 0 Å². The fourth-order valence-electron chi connectivity index (χ4n) is 3.29. The molecule has 0 radical (unpaired) electrons. The number of nitrogens with zero attached hydrogens (tertiary/aromatic N) is 4. The second-order valence-electron chi connectivity index (χ2n) is 6.50. The van der Waals surface area contributed by atoms with E-state index < -0.39 is 12.1 Å². The molecule has 2 aromatic heterocycles. The van der Waals surface area contributed by atoms with Crippen LogP contribution in [0.4, 0.5) is 0 Å². The number of hydrogen-bond donors (Lipinski definition) is 0. The molecule has 4 rings (SSSR count). The van der Waals surface area contributed by atoms with Crippen LogP contribution in [0.3, 0.4) is 0 Å². The van der Waals surface area contributed by atoms with Gasteiger partial charge in [-0.05, 0) is 37.3 Å². The maximum absolute atomic E-state index is 11.9. The predicted molar refractivity (Wildman–Crippen MR) is 110 cm³/mol. The lowest BCUT2D eigenvalue weighted by atomic mass is 10.0. The summed E-state index contributed by atoms with van der Waals surface area (Å²) in [6.07, 6.45) is 5.23. The second-order valence-corrected chi connectivity index (χ2v) is 7.42. The molecule has 2 unspecified atom stereocenters. The summed E-state index contributed by atoms with van der Waals surface area (Å²) in [7, 11) is 0. The molecule has 0 aliphatic carbocycles. The van der Waals surface area contributed by atoms with E-state index in [2.05, 4.69) is 25.9 Å². The van der Waals surface area contributed by atoms with Crippen LogP contribution in [-0.4, -0.2) is 32.3 Å². The molecule has 1 aromatic carbocycles. The van der Waals surface area contributed by atoms with Gasteiger partial charge in [0.2, 0.25) is 0 Å². The van der Waals surface area contributed by atoms with Crippen molar-refractivity contribution in [3.63, 3.8) is 0 Å². The minimum atomic E-state index is -0.468. The molecule has 0 saturated heterocycles. The minimum absolute atomic E-state index is 0.260. The van der Waals surface area contributed by atoms with Crippen molar-refractivity contribution >= 4 is 27.6 Å². The van der Waals surface area contributed by atoms with E-state index >= 15 is 0 Å². The zero-order valence-corrected chi connectivity index (χ0v) is 17.1. The zero-order valence-electron chi connectivity index (χ0n) is 15.5. The molecule has 28 heavy (non-hydrogen) atoms. The number of carbonyl (C=O) groups excluding carboxylic acids is 1. The smallest absolute Gasteiger partial charge is 0.305 e. The highest BCUT2D eigenvalue weighted by Gasteiger charge is 2.31. The zero-order chi connectivity index (χ0) is 19.7. The highest BCUT2D eigenvalue weighted by molar-refractivity contribution is 9.10. The van der Waals surface area contributed by atoms with E-state index in [0.717, 1.165) is 33.0 Å². The topological polar surface area (TPSA) is 69.4 Å². The Kier molecular flexibility index (Phi) is 5.09. The summed E-state index contributed by atoms with van der Waals surface area (Å²) in [4.78, 5) is 25.9. The van der Waals surface area contributed by atoms with Gasteiger partial charge in [-0.2, -0.15) is 0 Å². The van der Waals surface area contributed by atoms with Crippen molar-refractivity contribution in [2.45, 2.75) is 32.4 Å². The Labute approximate surface area is 171 Å². The van der Waals surface area contributed by atoms with Crippen molar-refractivity contribution in [3.8, 4) is 5.69 Å². The number of fused-ring (bicyclic) bond motifs is 3. The van der Waals surface area contributed by atoms with Crippen LogP contribution in [0.15, 0.2) is 64.5 Å². The Bertz CT molecular complexity index is 1050. The Morgan fingerprint density at radius 3 is 2.86 bits per heavy atom. The fourth-order valence-corrected chi connectivity index (χ4v) is 3.65. The molecule has 1 aliphatic heterocycles. The third-order valence-electron chi connectivity index (χ3n) is 4.63. The lowest BCUT2D eigenvalue weighted by Crippen LogP contribution is -2.23. The van der Waals surface area contributed by atoms with Crippen molar-refractivity contribution in [1.29, 1.82) is 0 Å². The van der Waals surface area contributed by atoms with Gasteiger partial charge < -0.3 is 9.30 Å². The van der Waals surface area contributed by atoms with Gasteiger partial charge in [0.1, 0.15) is 18.0 Å². The average molecular weight is 439 g/mol. The molecule has 0 fully saturated rings. The van der Waals surface area contributed by atoms with Gasteiger partial charge in [-0.1, -0.05) is 28.9 Å². The molecule has 3 heterocycles. The lowest BCUT2D eigenvalue weighted by Gasteiger charge is -2.20. The van der Waals surface area contributed by atoms with Gasteiger partial charge in [-0.25, -0.2) is 4.98 Å². The summed E-state index contributed by atoms with van der Waals surface area (Å²) in [6.45, 7) is 3.63. The lowest BCUT2D eigenvalue weighted by molar-refractivity contribution is -0.148. The molecule has 0 bridgehead atoms. The second kappa shape index (κ2) is 7.67. The van der Waals surface area contributed by atoms with Gasteiger partial charge in [0, 0.05) is 35.0 Å². The number of halogens is 1. The summed E-state index contributed by atoms with van der Waals surface area (Å²) < 4.78 is 8.55. The maximum atomic E-state index is 11.9. The van der Waals surface area contributed by atoms with Crippen LogP contribution in [0.2, 0.25) is 0 Å². The number of rotatable bonds is 4. The van der Waals surface area contributed by atoms with E-state index in [9.17, 15) is 4.79 Å². The number of benzene rings is 1. The van der Waals surface area contributed by atoms with Crippen molar-refractivity contribution < 1.29 is 9.53 Å². The molecule has 0 N–H and O–H groups in total. The molecule has 0 spiro atoms. The Morgan fingerprint density at radius 1 is 1.25 bits per heavy atom. The summed E-state index contributed by atoms with van der Waals surface area (Å²) >= 11 is 3.56. The summed E-state index contributed by atoms with van der Waals surface area (Å²) in [5.74, 6) is 0.468. The third kappa shape index (κ3) is 3.38. The van der Waals surface area contributed by atoms with Gasteiger partial charge in [-0.3, -0.25) is 14.8 Å². The van der Waals surface area contributed by atoms with Gasteiger partial charge in [0.05, 0.1) is 17.1 Å².